The predicted molar refractivity (Wildman–Crippen MR) is 138 cm³/mol. The van der Waals surface area contributed by atoms with Gasteiger partial charge in [-0.1, -0.05) is 29.5 Å². The minimum atomic E-state index is -0.769. The first-order valence-electron chi connectivity index (χ1n) is 11.5. The minimum Gasteiger partial charge on any atom is -0.493 e. The summed E-state index contributed by atoms with van der Waals surface area (Å²) in [6.07, 6.45) is 1.75. The molecule has 0 saturated carbocycles. The zero-order valence-corrected chi connectivity index (χ0v) is 21.9. The van der Waals surface area contributed by atoms with Gasteiger partial charge in [-0.2, -0.15) is 0 Å². The van der Waals surface area contributed by atoms with Gasteiger partial charge < -0.3 is 18.9 Å². The first-order valence-corrected chi connectivity index (χ1v) is 12.3. The molecule has 3 aromatic rings. The summed E-state index contributed by atoms with van der Waals surface area (Å²) in [6, 6.07) is 11.3. The van der Waals surface area contributed by atoms with Crippen LogP contribution >= 0.6 is 11.3 Å². The Kier molecular flexibility index (Phi) is 7.58. The van der Waals surface area contributed by atoms with Crippen LogP contribution in [0.5, 0.6) is 17.2 Å². The molecule has 0 fully saturated rings. The summed E-state index contributed by atoms with van der Waals surface area (Å²) >= 11 is 1.22. The topological polar surface area (TPSA) is 105 Å². The van der Waals surface area contributed by atoms with E-state index >= 15 is 0 Å². The Morgan fingerprint density at radius 2 is 1.78 bits per heavy atom. The number of aromatic nitrogens is 1. The molecule has 1 aromatic heterocycles. The molecule has 4 rings (SSSR count). The molecule has 10 heteroatoms. The van der Waals surface area contributed by atoms with Crippen molar-refractivity contribution in [3.8, 4) is 17.2 Å². The number of carbonyl (C=O) groups excluding carboxylic acids is 2. The summed E-state index contributed by atoms with van der Waals surface area (Å²) in [7, 11) is 3.10. The number of benzene rings is 2. The number of thiazole rings is 1. The zero-order chi connectivity index (χ0) is 26.7. The van der Waals surface area contributed by atoms with E-state index in [9.17, 15) is 14.4 Å². The smallest absolute Gasteiger partial charge is 0.338 e. The lowest BCUT2D eigenvalue weighted by molar-refractivity contribution is -0.139. The van der Waals surface area contributed by atoms with E-state index in [4.69, 9.17) is 18.9 Å². The lowest BCUT2D eigenvalue weighted by Crippen LogP contribution is -2.39. The van der Waals surface area contributed by atoms with Crippen LogP contribution in [-0.2, 0) is 14.3 Å². The Morgan fingerprint density at radius 1 is 1.08 bits per heavy atom. The summed E-state index contributed by atoms with van der Waals surface area (Å²) in [6.45, 7) is 4.93. The molecule has 37 heavy (non-hydrogen) atoms. The van der Waals surface area contributed by atoms with Crippen LogP contribution in [0.25, 0.3) is 6.08 Å². The van der Waals surface area contributed by atoms with Crippen LogP contribution in [-0.4, -0.2) is 37.3 Å². The highest BCUT2D eigenvalue weighted by atomic mass is 32.1. The van der Waals surface area contributed by atoms with Crippen LogP contribution in [0, 0.1) is 0 Å². The van der Waals surface area contributed by atoms with Crippen molar-refractivity contribution in [1.82, 2.24) is 4.57 Å². The molecule has 1 atom stereocenters. The van der Waals surface area contributed by atoms with Crippen LogP contribution in [0.4, 0.5) is 0 Å². The lowest BCUT2D eigenvalue weighted by Gasteiger charge is -2.24. The van der Waals surface area contributed by atoms with Gasteiger partial charge in [0.25, 0.3) is 5.56 Å². The molecule has 1 aliphatic rings. The van der Waals surface area contributed by atoms with Gasteiger partial charge in [-0.05, 0) is 55.3 Å². The fourth-order valence-electron chi connectivity index (χ4n) is 4.09. The lowest BCUT2D eigenvalue weighted by atomic mass is 9.96. The summed E-state index contributed by atoms with van der Waals surface area (Å²) in [5.74, 6) is 0.476. The van der Waals surface area contributed by atoms with E-state index in [1.54, 1.807) is 70.5 Å². The number of hydrogen-bond donors (Lipinski definition) is 0. The van der Waals surface area contributed by atoms with E-state index in [0.29, 0.717) is 37.8 Å². The van der Waals surface area contributed by atoms with Crippen molar-refractivity contribution >= 4 is 29.4 Å². The molecule has 0 bridgehead atoms. The molecule has 1 aliphatic heterocycles. The van der Waals surface area contributed by atoms with Gasteiger partial charge in [0.2, 0.25) is 0 Å². The highest BCUT2D eigenvalue weighted by Gasteiger charge is 2.33. The molecule has 192 valence electrons. The SMILES string of the molecule is CCOC(=O)C1=C(C)N=c2sc(=Cc3ccc(OC)c(OC)c3)c(=O)n2C1c1ccc(OC(C)=O)cc1. The maximum absolute atomic E-state index is 13.7. The first kappa shape index (κ1) is 25.9. The van der Waals surface area contributed by atoms with Gasteiger partial charge >= 0.3 is 11.9 Å². The third-order valence-electron chi connectivity index (χ3n) is 5.68. The van der Waals surface area contributed by atoms with Gasteiger partial charge in [0, 0.05) is 6.92 Å². The standard InChI is InChI=1S/C27H26N2O7S/c1-6-35-26(32)23-15(2)28-27-29(24(23)18-8-10-19(11-9-18)36-16(3)30)25(31)22(37-27)14-17-7-12-20(33-4)21(13-17)34-5/h7-14,24H,6H2,1-5H3. The van der Waals surface area contributed by atoms with Crippen LogP contribution in [0.3, 0.4) is 0 Å². The Bertz CT molecular complexity index is 1570. The van der Waals surface area contributed by atoms with Gasteiger partial charge in [-0.25, -0.2) is 9.79 Å². The Morgan fingerprint density at radius 3 is 2.41 bits per heavy atom. The molecule has 1 unspecified atom stereocenters. The minimum absolute atomic E-state index is 0.178. The predicted octanol–water partition coefficient (Wildman–Crippen LogP) is 2.74. The van der Waals surface area contributed by atoms with E-state index in [-0.39, 0.29) is 17.7 Å². The number of methoxy groups -OCH3 is 2. The van der Waals surface area contributed by atoms with Crippen molar-refractivity contribution in [2.45, 2.75) is 26.8 Å². The molecule has 9 nitrogen and oxygen atoms in total. The molecule has 0 N–H and O–H groups in total. The van der Waals surface area contributed by atoms with E-state index < -0.39 is 18.0 Å². The quantitative estimate of drug-likeness (QED) is 0.347. The summed E-state index contributed by atoms with van der Waals surface area (Å²) in [5.41, 5.74) is 1.82. The van der Waals surface area contributed by atoms with Crippen LogP contribution < -0.4 is 29.1 Å². The molecule has 0 radical (unpaired) electrons. The second-order valence-corrected chi connectivity index (χ2v) is 9.09. The number of rotatable bonds is 7. The van der Waals surface area contributed by atoms with Crippen molar-refractivity contribution in [2.24, 2.45) is 4.99 Å². The molecular weight excluding hydrogens is 496 g/mol. The highest BCUT2D eigenvalue weighted by Crippen LogP contribution is 2.32. The number of nitrogens with zero attached hydrogens (tertiary/aromatic N) is 2. The number of fused-ring (bicyclic) bond motifs is 1. The van der Waals surface area contributed by atoms with Gasteiger partial charge in [-0.3, -0.25) is 14.2 Å². The third kappa shape index (κ3) is 5.19. The van der Waals surface area contributed by atoms with Gasteiger partial charge in [0.1, 0.15) is 5.75 Å². The fourth-order valence-corrected chi connectivity index (χ4v) is 5.13. The van der Waals surface area contributed by atoms with E-state index in [1.807, 2.05) is 6.07 Å². The average molecular weight is 523 g/mol. The highest BCUT2D eigenvalue weighted by molar-refractivity contribution is 7.07. The number of ether oxygens (including phenoxy) is 4. The molecule has 0 aliphatic carbocycles. The third-order valence-corrected chi connectivity index (χ3v) is 6.66. The molecule has 2 heterocycles. The summed E-state index contributed by atoms with van der Waals surface area (Å²) in [5, 5.41) is 0. The maximum Gasteiger partial charge on any atom is 0.338 e. The second-order valence-electron chi connectivity index (χ2n) is 8.08. The van der Waals surface area contributed by atoms with Crippen molar-refractivity contribution in [1.29, 1.82) is 0 Å². The average Bonchev–Trinajstić information content (AvgIpc) is 3.17. The van der Waals surface area contributed by atoms with Crippen molar-refractivity contribution in [3.63, 3.8) is 0 Å². The van der Waals surface area contributed by atoms with Crippen LogP contribution in [0.15, 0.2) is 63.5 Å². The number of carbonyl (C=O) groups is 2. The van der Waals surface area contributed by atoms with Gasteiger partial charge in [0.15, 0.2) is 16.3 Å². The number of allylic oxidation sites excluding steroid dienone is 1. The van der Waals surface area contributed by atoms with Gasteiger partial charge in [-0.15, -0.1) is 0 Å². The largest absolute Gasteiger partial charge is 0.493 e. The number of esters is 2. The normalized spacial score (nSPS) is 15.1. The van der Waals surface area contributed by atoms with E-state index in [0.717, 1.165) is 5.56 Å². The molecule has 0 amide bonds. The van der Waals surface area contributed by atoms with Crippen molar-refractivity contribution in [3.05, 3.63) is 84.5 Å². The van der Waals surface area contributed by atoms with E-state index in [2.05, 4.69) is 4.99 Å². The summed E-state index contributed by atoms with van der Waals surface area (Å²) in [4.78, 5) is 43.1. The van der Waals surface area contributed by atoms with Crippen molar-refractivity contribution in [2.75, 3.05) is 20.8 Å². The molecule has 0 saturated heterocycles. The van der Waals surface area contributed by atoms with E-state index in [1.165, 1.54) is 22.8 Å². The van der Waals surface area contributed by atoms with Gasteiger partial charge in [0.05, 0.1) is 42.7 Å². The number of hydrogen-bond acceptors (Lipinski definition) is 9. The zero-order valence-electron chi connectivity index (χ0n) is 21.1. The first-order chi connectivity index (χ1) is 17.8. The summed E-state index contributed by atoms with van der Waals surface area (Å²) < 4.78 is 23.1. The molecule has 2 aromatic carbocycles. The monoisotopic (exact) mass is 522 g/mol. The fraction of sp³-hybridized carbons (Fsp3) is 0.259. The maximum atomic E-state index is 13.7. The molecule has 0 spiro atoms. The van der Waals surface area contributed by atoms with Crippen LogP contribution in [0.2, 0.25) is 0 Å². The Hall–Kier alpha value is -4.18. The Labute approximate surface area is 216 Å². The van der Waals surface area contributed by atoms with Crippen molar-refractivity contribution < 1.29 is 28.5 Å². The molecular formula is C27H26N2O7S. The Balaban J connectivity index is 1.89. The second kappa shape index (κ2) is 10.8. The van der Waals surface area contributed by atoms with Crippen LogP contribution in [0.1, 0.15) is 37.9 Å².